The van der Waals surface area contributed by atoms with E-state index in [1.807, 2.05) is 19.1 Å². The van der Waals surface area contributed by atoms with Crippen LogP contribution in [0.4, 0.5) is 0 Å². The van der Waals surface area contributed by atoms with E-state index in [1.165, 1.54) is 0 Å². The van der Waals surface area contributed by atoms with Crippen LogP contribution in [0.1, 0.15) is 15.9 Å². The van der Waals surface area contributed by atoms with E-state index in [1.54, 1.807) is 25.3 Å². The standard InChI is InChI=1S/C19H19Br3N2O5/c1-11-7-13(21)9-15(22)18(11)29-10-17(25)23-24-19(26)14-8-12(20)3-4-16(14)28-6-5-27-2/h3-4,7-9H,5-6,10H2,1-2H3,(H,23,25)(H,24,26). The van der Waals surface area contributed by atoms with Gasteiger partial charge in [-0.1, -0.05) is 31.9 Å². The monoisotopic (exact) mass is 592 g/mol. The molecule has 0 spiro atoms. The molecule has 29 heavy (non-hydrogen) atoms. The molecule has 0 bridgehead atoms. The average molecular weight is 595 g/mol. The van der Waals surface area contributed by atoms with E-state index in [0.717, 1.165) is 10.0 Å². The number of methoxy groups -OCH3 is 1. The molecule has 0 fully saturated rings. The number of carbonyl (C=O) groups excluding carboxylic acids is 2. The molecule has 0 heterocycles. The maximum Gasteiger partial charge on any atom is 0.276 e. The third-order valence-electron chi connectivity index (χ3n) is 3.59. The summed E-state index contributed by atoms with van der Waals surface area (Å²) in [5.41, 5.74) is 5.82. The number of amides is 2. The number of aryl methyl sites for hydroxylation is 1. The first kappa shape index (κ1) is 23.7. The van der Waals surface area contributed by atoms with Crippen LogP contribution in [-0.2, 0) is 9.53 Å². The second-order valence-electron chi connectivity index (χ2n) is 5.81. The third kappa shape index (κ3) is 7.29. The number of ether oxygens (including phenoxy) is 3. The van der Waals surface area contributed by atoms with Gasteiger partial charge >= 0.3 is 0 Å². The zero-order chi connectivity index (χ0) is 21.4. The van der Waals surface area contributed by atoms with Crippen molar-refractivity contribution in [1.29, 1.82) is 0 Å². The SMILES string of the molecule is COCCOc1ccc(Br)cc1C(=O)NNC(=O)COc1c(C)cc(Br)cc1Br. The number of benzene rings is 2. The Morgan fingerprint density at radius 3 is 2.41 bits per heavy atom. The number of hydrogen-bond donors (Lipinski definition) is 2. The molecule has 0 saturated heterocycles. The molecule has 0 aliphatic rings. The zero-order valence-electron chi connectivity index (χ0n) is 15.7. The van der Waals surface area contributed by atoms with Gasteiger partial charge in [-0.25, -0.2) is 0 Å². The zero-order valence-corrected chi connectivity index (χ0v) is 20.4. The summed E-state index contributed by atoms with van der Waals surface area (Å²) < 4.78 is 18.4. The molecule has 2 aromatic rings. The molecule has 0 aromatic heterocycles. The van der Waals surface area contributed by atoms with Crippen LogP contribution in [0.25, 0.3) is 0 Å². The van der Waals surface area contributed by atoms with Crippen LogP contribution in [0.2, 0.25) is 0 Å². The van der Waals surface area contributed by atoms with E-state index in [2.05, 4.69) is 58.6 Å². The lowest BCUT2D eigenvalue weighted by atomic mass is 10.2. The second-order valence-corrected chi connectivity index (χ2v) is 8.49. The normalized spacial score (nSPS) is 10.4. The summed E-state index contributed by atoms with van der Waals surface area (Å²) >= 11 is 10.1. The minimum Gasteiger partial charge on any atom is -0.490 e. The van der Waals surface area contributed by atoms with E-state index in [0.29, 0.717) is 33.7 Å². The van der Waals surface area contributed by atoms with Crippen molar-refractivity contribution in [3.8, 4) is 11.5 Å². The van der Waals surface area contributed by atoms with Crippen LogP contribution in [-0.4, -0.2) is 38.7 Å². The maximum absolute atomic E-state index is 12.5. The molecule has 2 aromatic carbocycles. The fraction of sp³-hybridized carbons (Fsp3) is 0.263. The predicted molar refractivity (Wildman–Crippen MR) is 119 cm³/mol. The summed E-state index contributed by atoms with van der Waals surface area (Å²) in [4.78, 5) is 24.5. The Bertz CT molecular complexity index is 869. The molecule has 0 aliphatic carbocycles. The molecule has 2 amide bonds. The van der Waals surface area contributed by atoms with Crippen molar-refractivity contribution in [1.82, 2.24) is 10.9 Å². The predicted octanol–water partition coefficient (Wildman–Crippen LogP) is 4.15. The summed E-state index contributed by atoms with van der Waals surface area (Å²) in [5, 5.41) is 0. The number of nitrogens with one attached hydrogen (secondary N) is 2. The molecule has 156 valence electrons. The Kier molecular flexibility index (Phi) is 9.41. The summed E-state index contributed by atoms with van der Waals surface area (Å²) in [6, 6.07) is 8.71. The van der Waals surface area contributed by atoms with Gasteiger partial charge in [-0.05, 0) is 58.7 Å². The Morgan fingerprint density at radius 2 is 1.72 bits per heavy atom. The quantitative estimate of drug-likeness (QED) is 0.354. The van der Waals surface area contributed by atoms with Gasteiger partial charge < -0.3 is 14.2 Å². The number of hydrazine groups is 1. The number of rotatable bonds is 8. The summed E-state index contributed by atoms with van der Waals surface area (Å²) in [6.07, 6.45) is 0. The Balaban J connectivity index is 1.93. The molecule has 0 aliphatic heterocycles. The van der Waals surface area contributed by atoms with Crippen LogP contribution >= 0.6 is 47.8 Å². The van der Waals surface area contributed by atoms with E-state index < -0.39 is 11.8 Å². The topological polar surface area (TPSA) is 85.9 Å². The highest BCUT2D eigenvalue weighted by Gasteiger charge is 2.15. The van der Waals surface area contributed by atoms with Crippen molar-refractivity contribution in [2.75, 3.05) is 26.9 Å². The Hall–Kier alpha value is -1.62. The molecule has 10 heteroatoms. The van der Waals surface area contributed by atoms with Crippen molar-refractivity contribution >= 4 is 59.6 Å². The first-order valence-corrected chi connectivity index (χ1v) is 10.8. The van der Waals surface area contributed by atoms with Crippen molar-refractivity contribution in [3.63, 3.8) is 0 Å². The summed E-state index contributed by atoms with van der Waals surface area (Å²) in [7, 11) is 1.56. The molecule has 2 rings (SSSR count). The minimum absolute atomic E-state index is 0.267. The Morgan fingerprint density at radius 1 is 0.966 bits per heavy atom. The number of hydrogen-bond acceptors (Lipinski definition) is 5. The number of carbonyl (C=O) groups is 2. The molecule has 0 unspecified atom stereocenters. The summed E-state index contributed by atoms with van der Waals surface area (Å²) in [5.74, 6) is -0.101. The van der Waals surface area contributed by atoms with E-state index in [4.69, 9.17) is 14.2 Å². The first-order valence-electron chi connectivity index (χ1n) is 8.40. The van der Waals surface area contributed by atoms with Gasteiger partial charge in [-0.15, -0.1) is 0 Å². The van der Waals surface area contributed by atoms with Crippen molar-refractivity contribution in [3.05, 3.63) is 54.9 Å². The van der Waals surface area contributed by atoms with Crippen molar-refractivity contribution in [2.45, 2.75) is 6.92 Å². The van der Waals surface area contributed by atoms with Crippen LogP contribution in [0.5, 0.6) is 11.5 Å². The smallest absolute Gasteiger partial charge is 0.276 e. The highest BCUT2D eigenvalue weighted by atomic mass is 79.9. The minimum atomic E-state index is -0.520. The fourth-order valence-electron chi connectivity index (χ4n) is 2.28. The molecule has 0 saturated carbocycles. The average Bonchev–Trinajstić information content (AvgIpc) is 2.66. The van der Waals surface area contributed by atoms with E-state index in [-0.39, 0.29) is 12.2 Å². The number of halogens is 3. The van der Waals surface area contributed by atoms with E-state index >= 15 is 0 Å². The lowest BCUT2D eigenvalue weighted by Gasteiger charge is -2.14. The highest BCUT2D eigenvalue weighted by molar-refractivity contribution is 9.11. The maximum atomic E-state index is 12.5. The van der Waals surface area contributed by atoms with Crippen LogP contribution in [0.3, 0.4) is 0 Å². The molecule has 0 atom stereocenters. The van der Waals surface area contributed by atoms with Gasteiger partial charge in [-0.3, -0.25) is 20.4 Å². The molecule has 2 N–H and O–H groups in total. The lowest BCUT2D eigenvalue weighted by Crippen LogP contribution is -2.44. The third-order valence-corrected chi connectivity index (χ3v) is 5.13. The largest absolute Gasteiger partial charge is 0.490 e. The van der Waals surface area contributed by atoms with Crippen LogP contribution < -0.4 is 20.3 Å². The van der Waals surface area contributed by atoms with Crippen molar-refractivity contribution < 1.29 is 23.8 Å². The van der Waals surface area contributed by atoms with E-state index in [9.17, 15) is 9.59 Å². The van der Waals surface area contributed by atoms with Crippen molar-refractivity contribution in [2.24, 2.45) is 0 Å². The van der Waals surface area contributed by atoms with Crippen LogP contribution in [0, 0.1) is 6.92 Å². The molecular weight excluding hydrogens is 576 g/mol. The Labute approximate surface area is 193 Å². The van der Waals surface area contributed by atoms with Gasteiger partial charge in [0.1, 0.15) is 18.1 Å². The molecular formula is C19H19Br3N2O5. The first-order chi connectivity index (χ1) is 13.8. The van der Waals surface area contributed by atoms with Gasteiger partial charge in [0.25, 0.3) is 11.8 Å². The van der Waals surface area contributed by atoms with Gasteiger partial charge in [-0.2, -0.15) is 0 Å². The lowest BCUT2D eigenvalue weighted by molar-refractivity contribution is -0.123. The summed E-state index contributed by atoms with van der Waals surface area (Å²) in [6.45, 7) is 2.27. The molecule has 0 radical (unpaired) electrons. The van der Waals surface area contributed by atoms with Gasteiger partial charge in [0, 0.05) is 16.1 Å². The molecule has 7 nitrogen and oxygen atoms in total. The van der Waals surface area contributed by atoms with Gasteiger partial charge in [0.15, 0.2) is 6.61 Å². The highest BCUT2D eigenvalue weighted by Crippen LogP contribution is 2.32. The second kappa shape index (κ2) is 11.5. The van der Waals surface area contributed by atoms with Gasteiger partial charge in [0.2, 0.25) is 0 Å². The van der Waals surface area contributed by atoms with Gasteiger partial charge in [0.05, 0.1) is 16.6 Å². The van der Waals surface area contributed by atoms with Crippen LogP contribution in [0.15, 0.2) is 43.7 Å². The fourth-order valence-corrected chi connectivity index (χ4v) is 4.19.